The highest BCUT2D eigenvalue weighted by molar-refractivity contribution is 7.10. The van der Waals surface area contributed by atoms with Crippen LogP contribution in [-0.4, -0.2) is 17.1 Å². The molecule has 25 heavy (non-hydrogen) atoms. The number of fused-ring (bicyclic) bond motifs is 1. The molecule has 1 saturated carbocycles. The molecule has 1 aliphatic rings. The Morgan fingerprint density at radius 3 is 2.80 bits per heavy atom. The van der Waals surface area contributed by atoms with Gasteiger partial charge in [0.15, 0.2) is 5.43 Å². The number of hydrogen-bond acceptors (Lipinski definition) is 4. The number of H-pyrrole nitrogens is 1. The summed E-state index contributed by atoms with van der Waals surface area (Å²) in [6, 6.07) is 5.32. The molecule has 4 nitrogen and oxygen atoms in total. The lowest BCUT2D eigenvalue weighted by Gasteiger charge is -2.18. The van der Waals surface area contributed by atoms with Crippen LogP contribution in [0.3, 0.4) is 0 Å². The smallest absolute Gasteiger partial charge is 0.190 e. The Morgan fingerprint density at radius 1 is 1.24 bits per heavy atom. The Hall–Kier alpha value is -2.14. The summed E-state index contributed by atoms with van der Waals surface area (Å²) in [5.74, 6) is 1.36. The van der Waals surface area contributed by atoms with Crippen molar-refractivity contribution in [1.82, 2.24) is 9.97 Å². The topological polar surface area (TPSA) is 55.0 Å². The maximum atomic E-state index is 12.5. The molecule has 2 aromatic heterocycles. The van der Waals surface area contributed by atoms with E-state index in [0.29, 0.717) is 11.3 Å². The summed E-state index contributed by atoms with van der Waals surface area (Å²) in [5, 5.41) is 3.96. The van der Waals surface area contributed by atoms with E-state index in [-0.39, 0.29) is 5.43 Å². The highest BCUT2D eigenvalue weighted by Crippen LogP contribution is 2.36. The molecule has 4 rings (SSSR count). The molecule has 2 heterocycles. The molecule has 130 valence electrons. The van der Waals surface area contributed by atoms with Crippen molar-refractivity contribution in [2.75, 3.05) is 7.11 Å². The van der Waals surface area contributed by atoms with E-state index in [2.05, 4.69) is 10.4 Å². The molecule has 0 atom stereocenters. The number of methoxy groups -OCH3 is 1. The minimum absolute atomic E-state index is 0.0155. The van der Waals surface area contributed by atoms with Crippen molar-refractivity contribution in [2.24, 2.45) is 0 Å². The minimum Gasteiger partial charge on any atom is -0.496 e. The van der Waals surface area contributed by atoms with E-state index in [1.807, 2.05) is 19.1 Å². The molecule has 3 aromatic rings. The second-order valence-corrected chi connectivity index (χ2v) is 7.66. The largest absolute Gasteiger partial charge is 0.496 e. The SMILES string of the molecule is COc1ccc2c(=O)cc(-c3csc(C4CCCCC4)n3)[nH]c2c1C. The second-order valence-electron chi connectivity index (χ2n) is 6.77. The van der Waals surface area contributed by atoms with Gasteiger partial charge in [0.25, 0.3) is 0 Å². The third-order valence-corrected chi connectivity index (χ3v) is 6.20. The lowest BCUT2D eigenvalue weighted by Crippen LogP contribution is -2.06. The Bertz CT molecular complexity index is 967. The molecule has 1 N–H and O–H groups in total. The number of benzene rings is 1. The van der Waals surface area contributed by atoms with E-state index in [1.54, 1.807) is 24.5 Å². The zero-order valence-corrected chi connectivity index (χ0v) is 15.4. The summed E-state index contributed by atoms with van der Waals surface area (Å²) in [6.45, 7) is 1.97. The Labute approximate surface area is 150 Å². The van der Waals surface area contributed by atoms with Crippen LogP contribution in [0.1, 0.15) is 48.6 Å². The van der Waals surface area contributed by atoms with Crippen molar-refractivity contribution in [3.8, 4) is 17.1 Å². The van der Waals surface area contributed by atoms with Crippen molar-refractivity contribution >= 4 is 22.2 Å². The third kappa shape index (κ3) is 2.97. The molecule has 1 aromatic carbocycles. The van der Waals surface area contributed by atoms with Crippen molar-refractivity contribution in [2.45, 2.75) is 44.9 Å². The van der Waals surface area contributed by atoms with E-state index >= 15 is 0 Å². The zero-order chi connectivity index (χ0) is 17.4. The average molecular weight is 354 g/mol. The minimum atomic E-state index is 0.0155. The van der Waals surface area contributed by atoms with E-state index in [9.17, 15) is 4.79 Å². The van der Waals surface area contributed by atoms with Gasteiger partial charge in [0.1, 0.15) is 5.75 Å². The molecular formula is C20H22N2O2S. The molecule has 0 unspecified atom stereocenters. The van der Waals surface area contributed by atoms with Gasteiger partial charge in [-0.05, 0) is 31.9 Å². The van der Waals surface area contributed by atoms with Gasteiger partial charge in [-0.25, -0.2) is 4.98 Å². The van der Waals surface area contributed by atoms with Gasteiger partial charge in [0.05, 0.1) is 29.0 Å². The molecule has 0 amide bonds. The van der Waals surface area contributed by atoms with Crippen molar-refractivity contribution < 1.29 is 4.74 Å². The van der Waals surface area contributed by atoms with Crippen LogP contribution in [0.2, 0.25) is 0 Å². The van der Waals surface area contributed by atoms with Crippen LogP contribution in [-0.2, 0) is 0 Å². The van der Waals surface area contributed by atoms with Gasteiger partial charge in [-0.1, -0.05) is 19.3 Å². The number of aromatic nitrogens is 2. The molecule has 1 fully saturated rings. The Kier molecular flexibility index (Phi) is 4.34. The fourth-order valence-corrected chi connectivity index (χ4v) is 4.74. The van der Waals surface area contributed by atoms with Gasteiger partial charge in [0.2, 0.25) is 0 Å². The maximum absolute atomic E-state index is 12.5. The summed E-state index contributed by atoms with van der Waals surface area (Å²) in [4.78, 5) is 20.8. The number of hydrogen-bond donors (Lipinski definition) is 1. The summed E-state index contributed by atoms with van der Waals surface area (Å²) in [5.41, 5.74) is 3.44. The highest BCUT2D eigenvalue weighted by atomic mass is 32.1. The lowest BCUT2D eigenvalue weighted by atomic mass is 9.90. The monoisotopic (exact) mass is 354 g/mol. The molecule has 0 aliphatic heterocycles. The van der Waals surface area contributed by atoms with Gasteiger partial charge in [-0.3, -0.25) is 4.79 Å². The first-order chi connectivity index (χ1) is 12.2. The summed E-state index contributed by atoms with van der Waals surface area (Å²) < 4.78 is 5.39. The summed E-state index contributed by atoms with van der Waals surface area (Å²) >= 11 is 1.72. The highest BCUT2D eigenvalue weighted by Gasteiger charge is 2.19. The first-order valence-corrected chi connectivity index (χ1v) is 9.72. The van der Waals surface area contributed by atoms with Gasteiger partial charge in [-0.2, -0.15) is 0 Å². The van der Waals surface area contributed by atoms with Crippen molar-refractivity contribution in [3.63, 3.8) is 0 Å². The van der Waals surface area contributed by atoms with Gasteiger partial charge < -0.3 is 9.72 Å². The maximum Gasteiger partial charge on any atom is 0.190 e. The predicted molar refractivity (Wildman–Crippen MR) is 103 cm³/mol. The first kappa shape index (κ1) is 16.3. The molecule has 0 spiro atoms. The molecular weight excluding hydrogens is 332 g/mol. The number of aryl methyl sites for hydroxylation is 1. The molecule has 0 bridgehead atoms. The van der Waals surface area contributed by atoms with Gasteiger partial charge >= 0.3 is 0 Å². The Balaban J connectivity index is 1.78. The molecule has 5 heteroatoms. The van der Waals surface area contributed by atoms with E-state index < -0.39 is 0 Å². The first-order valence-electron chi connectivity index (χ1n) is 8.84. The van der Waals surface area contributed by atoms with E-state index in [1.165, 1.54) is 37.1 Å². The van der Waals surface area contributed by atoms with Crippen molar-refractivity contribution in [1.29, 1.82) is 0 Å². The number of ether oxygens (including phenoxy) is 1. The number of pyridine rings is 1. The number of rotatable bonds is 3. The molecule has 1 aliphatic carbocycles. The van der Waals surface area contributed by atoms with Crippen LogP contribution in [0.4, 0.5) is 0 Å². The Morgan fingerprint density at radius 2 is 2.04 bits per heavy atom. The zero-order valence-electron chi connectivity index (χ0n) is 14.6. The van der Waals surface area contributed by atoms with Gasteiger partial charge in [-0.15, -0.1) is 11.3 Å². The van der Waals surface area contributed by atoms with Gasteiger partial charge in [0, 0.05) is 28.3 Å². The number of thiazole rings is 1. The average Bonchev–Trinajstić information content (AvgIpc) is 3.13. The van der Waals surface area contributed by atoms with Crippen LogP contribution in [0, 0.1) is 6.92 Å². The molecule has 0 saturated heterocycles. The second kappa shape index (κ2) is 6.64. The number of nitrogens with zero attached hydrogens (tertiary/aromatic N) is 1. The standard InChI is InChI=1S/C20H22N2O2S/c1-12-18(24-2)9-8-14-17(23)10-15(21-19(12)14)16-11-25-20(22-16)13-6-4-3-5-7-13/h8-11,13H,3-7H2,1-2H3,(H,21,23). The van der Waals surface area contributed by atoms with Crippen LogP contribution in [0.15, 0.2) is 28.4 Å². The van der Waals surface area contributed by atoms with E-state index in [4.69, 9.17) is 9.72 Å². The van der Waals surface area contributed by atoms with Crippen molar-refractivity contribution in [3.05, 3.63) is 44.4 Å². The quantitative estimate of drug-likeness (QED) is 0.719. The fraction of sp³-hybridized carbons (Fsp3) is 0.400. The van der Waals surface area contributed by atoms with Crippen LogP contribution in [0.5, 0.6) is 5.75 Å². The number of aromatic amines is 1. The fourth-order valence-electron chi connectivity index (χ4n) is 3.75. The van der Waals surface area contributed by atoms with Crippen LogP contribution < -0.4 is 10.2 Å². The normalized spacial score (nSPS) is 15.6. The number of nitrogens with one attached hydrogen (secondary N) is 1. The van der Waals surface area contributed by atoms with E-state index in [0.717, 1.165) is 28.2 Å². The lowest BCUT2D eigenvalue weighted by molar-refractivity contribution is 0.412. The molecule has 0 radical (unpaired) electrons. The third-order valence-electron chi connectivity index (χ3n) is 5.19. The summed E-state index contributed by atoms with van der Waals surface area (Å²) in [7, 11) is 1.65. The predicted octanol–water partition coefficient (Wildman–Crippen LogP) is 5.02. The van der Waals surface area contributed by atoms with Crippen LogP contribution in [0.25, 0.3) is 22.3 Å². The summed E-state index contributed by atoms with van der Waals surface area (Å²) in [6.07, 6.45) is 6.40. The van der Waals surface area contributed by atoms with Crippen LogP contribution >= 0.6 is 11.3 Å².